The van der Waals surface area contributed by atoms with Gasteiger partial charge in [0.05, 0.1) is 6.61 Å². The molecule has 0 fully saturated rings. The van der Waals surface area contributed by atoms with Crippen molar-refractivity contribution in [2.75, 3.05) is 18.5 Å². The molecule has 0 radical (unpaired) electrons. The second kappa shape index (κ2) is 11.9. The first-order chi connectivity index (χ1) is 14.0. The summed E-state index contributed by atoms with van der Waals surface area (Å²) in [7, 11) is 0. The van der Waals surface area contributed by atoms with E-state index in [-0.39, 0.29) is 11.0 Å². The Bertz CT molecular complexity index is 817. The lowest BCUT2D eigenvalue weighted by Gasteiger charge is -2.11. The normalized spacial score (nSPS) is 10.1. The minimum absolute atomic E-state index is 0.227. The standard InChI is InChI=1S/C23H28N2O3S/c1-4-5-6-15-27-20-11-7-18(8-12-20)22(26)25-23(29)24-19-9-13-21(14-10-19)28-16-17(2)3/h7-14H,2,4-6,15-16H2,1,3H3,(H2,24,25,26,29). The lowest BCUT2D eigenvalue weighted by molar-refractivity contribution is 0.0977. The van der Waals surface area contributed by atoms with E-state index in [1.54, 1.807) is 24.3 Å². The largest absolute Gasteiger partial charge is 0.494 e. The Morgan fingerprint density at radius 2 is 1.62 bits per heavy atom. The van der Waals surface area contributed by atoms with Gasteiger partial charge in [0.1, 0.15) is 18.1 Å². The maximum absolute atomic E-state index is 12.4. The van der Waals surface area contributed by atoms with Crippen molar-refractivity contribution in [3.05, 3.63) is 66.2 Å². The molecule has 154 valence electrons. The van der Waals surface area contributed by atoms with Crippen LogP contribution >= 0.6 is 12.2 Å². The highest BCUT2D eigenvalue weighted by atomic mass is 32.1. The van der Waals surface area contributed by atoms with E-state index in [9.17, 15) is 4.79 Å². The van der Waals surface area contributed by atoms with Crippen LogP contribution in [0.4, 0.5) is 5.69 Å². The predicted octanol–water partition coefficient (Wildman–Crippen LogP) is 5.34. The van der Waals surface area contributed by atoms with E-state index >= 15 is 0 Å². The molecule has 0 aliphatic carbocycles. The maximum Gasteiger partial charge on any atom is 0.257 e. The summed E-state index contributed by atoms with van der Waals surface area (Å²) in [5.41, 5.74) is 2.22. The molecule has 0 saturated heterocycles. The lowest BCUT2D eigenvalue weighted by atomic mass is 10.2. The molecule has 29 heavy (non-hydrogen) atoms. The summed E-state index contributed by atoms with van der Waals surface area (Å²) in [6.45, 7) is 9.03. The zero-order valence-corrected chi connectivity index (χ0v) is 17.8. The van der Waals surface area contributed by atoms with Crippen LogP contribution in [0.5, 0.6) is 11.5 Å². The minimum atomic E-state index is -0.276. The van der Waals surface area contributed by atoms with Gasteiger partial charge in [0.15, 0.2) is 5.11 Å². The fourth-order valence-corrected chi connectivity index (χ4v) is 2.63. The monoisotopic (exact) mass is 412 g/mol. The Hall–Kier alpha value is -2.86. The van der Waals surface area contributed by atoms with Crippen molar-refractivity contribution >= 4 is 28.9 Å². The van der Waals surface area contributed by atoms with Crippen molar-refractivity contribution in [2.24, 2.45) is 0 Å². The average Bonchev–Trinajstić information content (AvgIpc) is 2.71. The molecular weight excluding hydrogens is 384 g/mol. The third kappa shape index (κ3) is 8.35. The van der Waals surface area contributed by atoms with E-state index in [2.05, 4.69) is 24.1 Å². The van der Waals surface area contributed by atoms with Crippen LogP contribution in [-0.4, -0.2) is 24.2 Å². The van der Waals surface area contributed by atoms with E-state index in [4.69, 9.17) is 21.7 Å². The molecule has 0 spiro atoms. The van der Waals surface area contributed by atoms with Gasteiger partial charge in [-0.3, -0.25) is 10.1 Å². The molecule has 2 rings (SSSR count). The lowest BCUT2D eigenvalue weighted by Crippen LogP contribution is -2.34. The Morgan fingerprint density at radius 1 is 1.00 bits per heavy atom. The molecule has 0 heterocycles. The molecule has 0 atom stereocenters. The van der Waals surface area contributed by atoms with Gasteiger partial charge in [-0.25, -0.2) is 0 Å². The van der Waals surface area contributed by atoms with Crippen molar-refractivity contribution in [3.8, 4) is 11.5 Å². The first-order valence-electron chi connectivity index (χ1n) is 9.70. The molecule has 0 aliphatic heterocycles. The van der Waals surface area contributed by atoms with Crippen molar-refractivity contribution < 1.29 is 14.3 Å². The molecule has 2 aromatic carbocycles. The average molecular weight is 413 g/mol. The number of rotatable bonds is 10. The van der Waals surface area contributed by atoms with E-state index in [0.717, 1.165) is 42.0 Å². The summed E-state index contributed by atoms with van der Waals surface area (Å²) in [5, 5.41) is 5.89. The number of hydrogen-bond donors (Lipinski definition) is 2. The summed E-state index contributed by atoms with van der Waals surface area (Å²) >= 11 is 5.23. The molecule has 0 saturated carbocycles. The highest BCUT2D eigenvalue weighted by Gasteiger charge is 2.08. The number of benzene rings is 2. The van der Waals surface area contributed by atoms with Gasteiger partial charge in [-0.15, -0.1) is 0 Å². The summed E-state index contributed by atoms with van der Waals surface area (Å²) < 4.78 is 11.2. The van der Waals surface area contributed by atoms with Crippen molar-refractivity contribution in [1.82, 2.24) is 5.32 Å². The molecule has 6 heteroatoms. The Balaban J connectivity index is 1.80. The number of amides is 1. The first kappa shape index (κ1) is 22.4. The number of anilines is 1. The molecule has 1 amide bonds. The van der Waals surface area contributed by atoms with Gasteiger partial charge in [-0.1, -0.05) is 26.3 Å². The predicted molar refractivity (Wildman–Crippen MR) is 122 cm³/mol. The zero-order valence-electron chi connectivity index (χ0n) is 17.0. The number of hydrogen-bond acceptors (Lipinski definition) is 4. The highest BCUT2D eigenvalue weighted by Crippen LogP contribution is 2.16. The van der Waals surface area contributed by atoms with Gasteiger partial charge >= 0.3 is 0 Å². The number of nitrogens with one attached hydrogen (secondary N) is 2. The van der Waals surface area contributed by atoms with Crippen LogP contribution in [0.15, 0.2) is 60.7 Å². The second-order valence-electron chi connectivity index (χ2n) is 6.76. The van der Waals surface area contributed by atoms with Crippen LogP contribution in [0.2, 0.25) is 0 Å². The van der Waals surface area contributed by atoms with Crippen molar-refractivity contribution in [2.45, 2.75) is 33.1 Å². The molecule has 5 nitrogen and oxygen atoms in total. The number of thiocarbonyl (C=S) groups is 1. The quantitative estimate of drug-likeness (QED) is 0.313. The Morgan fingerprint density at radius 3 is 2.24 bits per heavy atom. The van der Waals surface area contributed by atoms with Crippen LogP contribution in [0.3, 0.4) is 0 Å². The van der Waals surface area contributed by atoms with E-state index in [1.165, 1.54) is 0 Å². The molecule has 2 N–H and O–H groups in total. The molecule has 2 aromatic rings. The third-order valence-corrected chi connectivity index (χ3v) is 4.16. The maximum atomic E-state index is 12.4. The van der Waals surface area contributed by atoms with Crippen LogP contribution in [0.1, 0.15) is 43.5 Å². The SMILES string of the molecule is C=C(C)COc1ccc(NC(=S)NC(=O)c2ccc(OCCCCC)cc2)cc1. The summed E-state index contributed by atoms with van der Waals surface area (Å²) in [4.78, 5) is 12.4. The van der Waals surface area contributed by atoms with Crippen LogP contribution < -0.4 is 20.1 Å². The van der Waals surface area contributed by atoms with Crippen molar-refractivity contribution in [1.29, 1.82) is 0 Å². The molecule has 0 aromatic heterocycles. The smallest absolute Gasteiger partial charge is 0.257 e. The van der Waals surface area contributed by atoms with E-state index in [1.807, 2.05) is 31.2 Å². The fraction of sp³-hybridized carbons (Fsp3) is 0.304. The van der Waals surface area contributed by atoms with Gasteiger partial charge in [0, 0.05) is 11.3 Å². The van der Waals surface area contributed by atoms with Gasteiger partial charge in [0.2, 0.25) is 0 Å². The minimum Gasteiger partial charge on any atom is -0.494 e. The summed E-state index contributed by atoms with van der Waals surface area (Å²) in [5.74, 6) is 1.22. The second-order valence-corrected chi connectivity index (χ2v) is 7.17. The van der Waals surface area contributed by atoms with Crippen LogP contribution in [0.25, 0.3) is 0 Å². The van der Waals surface area contributed by atoms with Gasteiger partial charge in [-0.05, 0) is 79.7 Å². The number of ether oxygens (including phenoxy) is 2. The molecular formula is C23H28N2O3S. The van der Waals surface area contributed by atoms with Crippen molar-refractivity contribution in [3.63, 3.8) is 0 Å². The zero-order chi connectivity index (χ0) is 21.1. The Labute approximate surface area is 178 Å². The van der Waals surface area contributed by atoms with E-state index < -0.39 is 0 Å². The topological polar surface area (TPSA) is 59.6 Å². The van der Waals surface area contributed by atoms with Gasteiger partial charge in [-0.2, -0.15) is 0 Å². The van der Waals surface area contributed by atoms with Crippen LogP contribution in [0, 0.1) is 0 Å². The fourth-order valence-electron chi connectivity index (χ4n) is 2.42. The Kier molecular flexibility index (Phi) is 9.18. The van der Waals surface area contributed by atoms with E-state index in [0.29, 0.717) is 18.8 Å². The number of carbonyl (C=O) groups excluding carboxylic acids is 1. The third-order valence-electron chi connectivity index (χ3n) is 3.96. The highest BCUT2D eigenvalue weighted by molar-refractivity contribution is 7.80. The number of carbonyl (C=O) groups is 1. The molecule has 0 unspecified atom stereocenters. The van der Waals surface area contributed by atoms with Gasteiger partial charge < -0.3 is 14.8 Å². The first-order valence-corrected chi connectivity index (χ1v) is 10.1. The molecule has 0 aliphatic rings. The number of unbranched alkanes of at least 4 members (excludes halogenated alkanes) is 2. The molecule has 0 bridgehead atoms. The summed E-state index contributed by atoms with van der Waals surface area (Å²) in [6.07, 6.45) is 3.33. The summed E-state index contributed by atoms with van der Waals surface area (Å²) in [6, 6.07) is 14.3. The van der Waals surface area contributed by atoms with Crippen LogP contribution in [-0.2, 0) is 0 Å². The van der Waals surface area contributed by atoms with Gasteiger partial charge in [0.25, 0.3) is 5.91 Å².